The molecule has 6 N–H and O–H groups in total. The van der Waals surface area contributed by atoms with E-state index in [0.717, 1.165) is 11.0 Å². The molecule has 0 aliphatic carbocycles. The van der Waals surface area contributed by atoms with Crippen LogP contribution in [-0.2, 0) is 22.3 Å². The number of aromatic nitrogens is 4. The molecule has 124 valence electrons. The minimum absolute atomic E-state index is 0.852. The highest BCUT2D eigenvalue weighted by molar-refractivity contribution is 7.66. The maximum Gasteiger partial charge on any atom is 0.490 e. The Bertz CT molecular complexity index is 707. The number of nitrogens with one attached hydrogen (secondary N) is 1. The summed E-state index contributed by atoms with van der Waals surface area (Å²) in [5, 5.41) is 6.52. The minimum Gasteiger partial charge on any atom is -0.302 e. The van der Waals surface area contributed by atoms with Crippen LogP contribution in [0.1, 0.15) is 0 Å². The standard InChI is InChI=1S/C5H4N4.H5O10P3/c1-5-4(2-8-9-5)7-3-6-1;1-11(2,3)9-13(7,8)10-12(4,5)6/h1-3H,(H,8,9);(H,7,8)(H2,1,2,3)(H2,4,5,6). The van der Waals surface area contributed by atoms with Gasteiger partial charge in [-0.15, -0.1) is 0 Å². The molecule has 0 bridgehead atoms. The molecular weight excluding hydrogens is 369 g/mol. The quantitative estimate of drug-likeness (QED) is 0.375. The molecular formula is C5H9N4O10P3. The van der Waals surface area contributed by atoms with E-state index in [1.54, 1.807) is 12.4 Å². The fourth-order valence-electron chi connectivity index (χ4n) is 0.975. The molecule has 2 rings (SSSR count). The molecule has 0 radical (unpaired) electrons. The van der Waals surface area contributed by atoms with Gasteiger partial charge in [0, 0.05) is 0 Å². The number of nitrogens with zero attached hydrogens (tertiary/aromatic N) is 3. The number of H-pyrrole nitrogens is 1. The molecule has 0 amide bonds. The van der Waals surface area contributed by atoms with E-state index in [1.807, 2.05) is 0 Å². The monoisotopic (exact) mass is 378 g/mol. The Morgan fingerprint density at radius 1 is 0.955 bits per heavy atom. The summed E-state index contributed by atoms with van der Waals surface area (Å²) in [7, 11) is -16.2. The van der Waals surface area contributed by atoms with E-state index in [9.17, 15) is 13.7 Å². The molecule has 22 heavy (non-hydrogen) atoms. The largest absolute Gasteiger partial charge is 0.490 e. The Hall–Kier alpha value is -1.04. The molecule has 2 heterocycles. The second-order valence-electron chi connectivity index (χ2n) is 3.30. The highest BCUT2D eigenvalue weighted by Crippen LogP contribution is 2.64. The first-order valence-corrected chi connectivity index (χ1v) is 9.39. The molecule has 0 fully saturated rings. The van der Waals surface area contributed by atoms with Crippen LogP contribution in [-0.4, -0.2) is 44.6 Å². The van der Waals surface area contributed by atoms with Crippen LogP contribution in [0.25, 0.3) is 11.0 Å². The predicted octanol–water partition coefficient (Wildman–Crippen LogP) is -0.342. The summed E-state index contributed by atoms with van der Waals surface area (Å²) in [6.45, 7) is 0. The molecule has 0 saturated carbocycles. The second-order valence-corrected chi connectivity index (χ2v) is 7.51. The Morgan fingerprint density at radius 2 is 1.50 bits per heavy atom. The smallest absolute Gasteiger partial charge is 0.302 e. The van der Waals surface area contributed by atoms with Gasteiger partial charge < -0.3 is 24.5 Å². The number of hydrogen-bond donors (Lipinski definition) is 6. The van der Waals surface area contributed by atoms with Crippen LogP contribution < -0.4 is 0 Å². The van der Waals surface area contributed by atoms with E-state index in [2.05, 4.69) is 28.8 Å². The fourth-order valence-corrected chi connectivity index (χ4v) is 3.51. The van der Waals surface area contributed by atoms with Crippen molar-refractivity contribution >= 4 is 34.5 Å². The van der Waals surface area contributed by atoms with Gasteiger partial charge >= 0.3 is 23.5 Å². The van der Waals surface area contributed by atoms with Crippen LogP contribution in [0.2, 0.25) is 0 Å². The number of aromatic amines is 1. The van der Waals surface area contributed by atoms with Crippen molar-refractivity contribution in [3.05, 3.63) is 18.7 Å². The lowest BCUT2D eigenvalue weighted by atomic mass is 10.5. The number of hydrogen-bond acceptors (Lipinski definition) is 8. The summed E-state index contributed by atoms with van der Waals surface area (Å²) >= 11 is 0. The molecule has 0 aliphatic heterocycles. The molecule has 17 heteroatoms. The van der Waals surface area contributed by atoms with Gasteiger partial charge in [0.15, 0.2) is 0 Å². The van der Waals surface area contributed by atoms with Crippen molar-refractivity contribution in [2.75, 3.05) is 0 Å². The van der Waals surface area contributed by atoms with E-state index >= 15 is 0 Å². The predicted molar refractivity (Wildman–Crippen MR) is 67.8 cm³/mol. The average Bonchev–Trinajstić information content (AvgIpc) is 2.70. The Balaban J connectivity index is 0.000000231. The van der Waals surface area contributed by atoms with E-state index in [0.29, 0.717) is 0 Å². The van der Waals surface area contributed by atoms with Crippen molar-refractivity contribution in [1.82, 2.24) is 20.2 Å². The summed E-state index contributed by atoms with van der Waals surface area (Å²) < 4.78 is 36.4. The molecule has 2 aromatic rings. The van der Waals surface area contributed by atoms with Gasteiger partial charge in [0.05, 0.1) is 12.4 Å². The summed E-state index contributed by atoms with van der Waals surface area (Å²) in [6.07, 6.45) is 4.85. The first kappa shape index (κ1) is 19.0. The number of rotatable bonds is 4. The molecule has 0 unspecified atom stereocenters. The van der Waals surface area contributed by atoms with Crippen LogP contribution in [0.4, 0.5) is 0 Å². The zero-order valence-corrected chi connectivity index (χ0v) is 12.9. The Labute approximate surface area is 121 Å². The van der Waals surface area contributed by atoms with Crippen molar-refractivity contribution in [2.24, 2.45) is 0 Å². The molecule has 0 spiro atoms. The third kappa shape index (κ3) is 7.82. The maximum atomic E-state index is 10.4. The fraction of sp³-hybridized carbons (Fsp3) is 0. The summed E-state index contributed by atoms with van der Waals surface area (Å²) in [4.78, 5) is 47.9. The summed E-state index contributed by atoms with van der Waals surface area (Å²) in [5.74, 6) is 0. The van der Waals surface area contributed by atoms with Gasteiger partial charge in [-0.2, -0.15) is 13.7 Å². The third-order valence-corrected chi connectivity index (χ3v) is 4.89. The first-order valence-electron chi connectivity index (χ1n) is 4.84. The average molecular weight is 378 g/mol. The highest BCUT2D eigenvalue weighted by Gasteiger charge is 2.38. The van der Waals surface area contributed by atoms with Crippen molar-refractivity contribution in [2.45, 2.75) is 0 Å². The number of fused-ring (bicyclic) bond motifs is 1. The van der Waals surface area contributed by atoms with Crippen molar-refractivity contribution in [3.8, 4) is 0 Å². The maximum absolute atomic E-state index is 10.4. The number of phosphoric acid groups is 3. The van der Waals surface area contributed by atoms with Gasteiger partial charge in [-0.1, -0.05) is 0 Å². The van der Waals surface area contributed by atoms with E-state index in [4.69, 9.17) is 24.5 Å². The zero-order chi connectivity index (χ0) is 17.0. The summed E-state index contributed by atoms with van der Waals surface area (Å²) in [5.41, 5.74) is 1.72. The topological polar surface area (TPSA) is 225 Å². The van der Waals surface area contributed by atoms with Crippen molar-refractivity contribution < 1.29 is 46.8 Å². The van der Waals surface area contributed by atoms with Crippen LogP contribution >= 0.6 is 23.5 Å². The molecule has 0 aromatic carbocycles. The van der Waals surface area contributed by atoms with E-state index < -0.39 is 23.5 Å². The lowest BCUT2D eigenvalue weighted by molar-refractivity contribution is 0.204. The van der Waals surface area contributed by atoms with Gasteiger partial charge in [0.2, 0.25) is 0 Å². The second kappa shape index (κ2) is 7.02. The van der Waals surface area contributed by atoms with Crippen LogP contribution in [0, 0.1) is 0 Å². The first-order chi connectivity index (χ1) is 9.88. The van der Waals surface area contributed by atoms with Gasteiger partial charge in [-0.3, -0.25) is 5.10 Å². The van der Waals surface area contributed by atoms with E-state index in [1.165, 1.54) is 6.33 Å². The highest BCUT2D eigenvalue weighted by atomic mass is 31.3. The normalized spacial score (nSPS) is 12.8. The lowest BCUT2D eigenvalue weighted by Gasteiger charge is -2.11. The molecule has 14 nitrogen and oxygen atoms in total. The van der Waals surface area contributed by atoms with Crippen molar-refractivity contribution in [1.29, 1.82) is 0 Å². The SMILES string of the molecule is O=P(O)(O)OP(=O)(O)OP(=O)(O)O.c1ncc2[nH]ncc2n1. The van der Waals surface area contributed by atoms with Gasteiger partial charge in [-0.25, -0.2) is 23.7 Å². The molecule has 0 aliphatic rings. The van der Waals surface area contributed by atoms with Crippen LogP contribution in [0.15, 0.2) is 18.7 Å². The van der Waals surface area contributed by atoms with Crippen molar-refractivity contribution in [3.63, 3.8) is 0 Å². The minimum atomic E-state index is -5.46. The van der Waals surface area contributed by atoms with E-state index in [-0.39, 0.29) is 0 Å². The molecule has 0 atom stereocenters. The molecule has 0 saturated heterocycles. The van der Waals surface area contributed by atoms with Crippen LogP contribution in [0.3, 0.4) is 0 Å². The zero-order valence-electron chi connectivity index (χ0n) is 10.2. The van der Waals surface area contributed by atoms with Gasteiger partial charge in [0.1, 0.15) is 17.4 Å². The van der Waals surface area contributed by atoms with Gasteiger partial charge in [0.25, 0.3) is 0 Å². The third-order valence-electron chi connectivity index (χ3n) is 1.53. The lowest BCUT2D eigenvalue weighted by Crippen LogP contribution is -1.91. The molecule has 2 aromatic heterocycles. The van der Waals surface area contributed by atoms with Gasteiger partial charge in [-0.05, 0) is 0 Å². The Morgan fingerprint density at radius 3 is 1.95 bits per heavy atom. The summed E-state index contributed by atoms with van der Waals surface area (Å²) in [6, 6.07) is 0. The van der Waals surface area contributed by atoms with Crippen LogP contribution in [0.5, 0.6) is 0 Å². The Kier molecular flexibility index (Phi) is 6.07.